The Bertz CT molecular complexity index is 1130. The van der Waals surface area contributed by atoms with Gasteiger partial charge in [-0.2, -0.15) is 5.26 Å². The van der Waals surface area contributed by atoms with Crippen molar-refractivity contribution >= 4 is 34.1 Å². The predicted molar refractivity (Wildman–Crippen MR) is 111 cm³/mol. The monoisotopic (exact) mass is 408 g/mol. The number of pyridine rings is 1. The van der Waals surface area contributed by atoms with Gasteiger partial charge in [0.15, 0.2) is 0 Å². The number of carbonyl (C=O) groups is 2. The maximum absolute atomic E-state index is 12.8. The Balaban J connectivity index is 1.74. The largest absolute Gasteiger partial charge is 0.350 e. The fourth-order valence-corrected chi connectivity index (χ4v) is 3.65. The number of nitrogens with zero attached hydrogens (tertiary/aromatic N) is 3. The number of fused-ring (bicyclic) bond motifs is 1. The number of aromatic nitrogens is 1. The number of amides is 2. The van der Waals surface area contributed by atoms with Crippen molar-refractivity contribution in [3.8, 4) is 6.07 Å². The smallest absolute Gasteiger partial charge is 0.242 e. The van der Waals surface area contributed by atoms with E-state index in [1.807, 2.05) is 23.6 Å². The first-order chi connectivity index (χ1) is 14.0. The molecule has 0 radical (unpaired) electrons. The zero-order valence-corrected chi connectivity index (χ0v) is 16.7. The predicted octanol–water partition coefficient (Wildman–Crippen LogP) is 2.10. The second-order valence-electron chi connectivity index (χ2n) is 6.39. The molecule has 0 aliphatic rings. The average Bonchev–Trinajstić information content (AvgIpc) is 3.26. The molecule has 0 saturated carbocycles. The summed E-state index contributed by atoms with van der Waals surface area (Å²) in [5.74, 6) is -0.507. The van der Waals surface area contributed by atoms with Gasteiger partial charge < -0.3 is 14.8 Å². The lowest BCUT2D eigenvalue weighted by atomic mass is 10.1. The molecule has 2 heterocycles. The van der Waals surface area contributed by atoms with Crippen LogP contribution in [0.15, 0.2) is 52.8 Å². The highest BCUT2D eigenvalue weighted by molar-refractivity contribution is 7.09. The molecule has 0 fully saturated rings. The topological polar surface area (TPSA) is 95.2 Å². The fraction of sp³-hybridized carbons (Fsp3) is 0.238. The number of para-hydroxylation sites is 1. The van der Waals surface area contributed by atoms with E-state index >= 15 is 0 Å². The number of rotatable bonds is 7. The van der Waals surface area contributed by atoms with Gasteiger partial charge in [0.25, 0.3) is 0 Å². The van der Waals surface area contributed by atoms with Crippen LogP contribution >= 0.6 is 11.3 Å². The van der Waals surface area contributed by atoms with Crippen LogP contribution in [0.2, 0.25) is 0 Å². The Labute approximate surface area is 171 Å². The van der Waals surface area contributed by atoms with Crippen LogP contribution in [-0.2, 0) is 22.7 Å². The highest BCUT2D eigenvalue weighted by Gasteiger charge is 2.18. The molecule has 3 rings (SSSR count). The standard InChI is InChI=1S/C21H20N4O3S/c1-2-24(13-19(26)23-11-16-6-5-9-29-16)20(27)14-25-12-15(10-22)21(28)17-7-3-4-8-18(17)25/h3-9,12H,2,11,13-14H2,1H3,(H,23,26). The molecule has 8 heteroatoms. The van der Waals surface area contributed by atoms with Gasteiger partial charge >= 0.3 is 0 Å². The summed E-state index contributed by atoms with van der Waals surface area (Å²) >= 11 is 1.55. The molecule has 148 valence electrons. The summed E-state index contributed by atoms with van der Waals surface area (Å²) in [6.07, 6.45) is 1.40. The van der Waals surface area contributed by atoms with Crippen LogP contribution in [0.25, 0.3) is 10.9 Å². The van der Waals surface area contributed by atoms with Crippen molar-refractivity contribution < 1.29 is 9.59 Å². The molecule has 0 atom stereocenters. The summed E-state index contributed by atoms with van der Waals surface area (Å²) in [5, 5.41) is 14.4. The average molecular weight is 408 g/mol. The Morgan fingerprint density at radius 1 is 1.24 bits per heavy atom. The van der Waals surface area contributed by atoms with Gasteiger partial charge in [-0.05, 0) is 30.5 Å². The zero-order valence-electron chi connectivity index (χ0n) is 15.9. The quantitative estimate of drug-likeness (QED) is 0.648. The SMILES string of the molecule is CCN(CC(=O)NCc1cccs1)C(=O)Cn1cc(C#N)c(=O)c2ccccc21. The molecule has 1 aromatic carbocycles. The van der Waals surface area contributed by atoms with Gasteiger partial charge in [-0.15, -0.1) is 11.3 Å². The number of hydrogen-bond donors (Lipinski definition) is 1. The minimum atomic E-state index is -0.355. The maximum Gasteiger partial charge on any atom is 0.242 e. The van der Waals surface area contributed by atoms with Crippen LogP contribution < -0.4 is 10.7 Å². The molecule has 0 aliphatic heterocycles. The van der Waals surface area contributed by atoms with E-state index in [4.69, 9.17) is 0 Å². The van der Waals surface area contributed by atoms with Gasteiger partial charge in [-0.25, -0.2) is 0 Å². The minimum Gasteiger partial charge on any atom is -0.350 e. The summed E-state index contributed by atoms with van der Waals surface area (Å²) in [6.45, 7) is 2.48. The molecule has 0 saturated heterocycles. The van der Waals surface area contributed by atoms with Crippen LogP contribution in [-0.4, -0.2) is 34.4 Å². The van der Waals surface area contributed by atoms with Gasteiger partial charge in [-0.1, -0.05) is 18.2 Å². The Kier molecular flexibility index (Phi) is 6.42. The number of nitriles is 1. The fourth-order valence-electron chi connectivity index (χ4n) is 3.01. The van der Waals surface area contributed by atoms with Crippen LogP contribution in [0.1, 0.15) is 17.4 Å². The first kappa shape index (κ1) is 20.3. The molecule has 2 aromatic heterocycles. The van der Waals surface area contributed by atoms with Crippen molar-refractivity contribution in [1.29, 1.82) is 5.26 Å². The van der Waals surface area contributed by atoms with Crippen LogP contribution in [0.5, 0.6) is 0 Å². The zero-order chi connectivity index (χ0) is 20.8. The minimum absolute atomic E-state index is 0.0201. The molecule has 0 bridgehead atoms. The molecule has 3 aromatic rings. The Morgan fingerprint density at radius 3 is 2.72 bits per heavy atom. The third-order valence-electron chi connectivity index (χ3n) is 4.52. The van der Waals surface area contributed by atoms with E-state index < -0.39 is 0 Å². The summed E-state index contributed by atoms with van der Waals surface area (Å²) in [6, 6.07) is 12.6. The molecular weight excluding hydrogens is 388 g/mol. The van der Waals surface area contributed by atoms with Crippen molar-refractivity contribution in [3.05, 3.63) is 68.6 Å². The maximum atomic E-state index is 12.8. The van der Waals surface area contributed by atoms with Gasteiger partial charge in [-0.3, -0.25) is 14.4 Å². The van der Waals surface area contributed by atoms with E-state index in [1.54, 1.807) is 47.1 Å². The van der Waals surface area contributed by atoms with Gasteiger partial charge in [0.1, 0.15) is 18.2 Å². The van der Waals surface area contributed by atoms with E-state index in [1.165, 1.54) is 11.1 Å². The van der Waals surface area contributed by atoms with E-state index in [9.17, 15) is 19.6 Å². The number of carbonyl (C=O) groups excluding carboxylic acids is 2. The molecule has 0 aliphatic carbocycles. The molecule has 1 N–H and O–H groups in total. The van der Waals surface area contributed by atoms with Crippen LogP contribution in [0.4, 0.5) is 0 Å². The van der Waals surface area contributed by atoms with Gasteiger partial charge in [0.2, 0.25) is 17.2 Å². The molecule has 29 heavy (non-hydrogen) atoms. The van der Waals surface area contributed by atoms with E-state index in [2.05, 4.69) is 5.32 Å². The molecule has 0 unspecified atom stereocenters. The summed E-state index contributed by atoms with van der Waals surface area (Å²) < 4.78 is 1.59. The van der Waals surface area contributed by atoms with Crippen LogP contribution in [0.3, 0.4) is 0 Å². The molecular formula is C21H20N4O3S. The van der Waals surface area contributed by atoms with E-state index in [0.717, 1.165) is 4.88 Å². The summed E-state index contributed by atoms with van der Waals surface area (Å²) in [7, 11) is 0. The molecule has 7 nitrogen and oxygen atoms in total. The molecule has 2 amide bonds. The third-order valence-corrected chi connectivity index (χ3v) is 5.40. The lowest BCUT2D eigenvalue weighted by Crippen LogP contribution is -2.41. The normalized spacial score (nSPS) is 10.5. The van der Waals surface area contributed by atoms with E-state index in [-0.39, 0.29) is 35.9 Å². The summed E-state index contributed by atoms with van der Waals surface area (Å²) in [4.78, 5) is 39.8. The first-order valence-electron chi connectivity index (χ1n) is 9.12. The van der Waals surface area contributed by atoms with Crippen molar-refractivity contribution in [2.24, 2.45) is 0 Å². The van der Waals surface area contributed by atoms with Crippen molar-refractivity contribution in [2.45, 2.75) is 20.0 Å². The van der Waals surface area contributed by atoms with Crippen LogP contribution in [0, 0.1) is 11.3 Å². The van der Waals surface area contributed by atoms with E-state index in [0.29, 0.717) is 24.0 Å². The second-order valence-corrected chi connectivity index (χ2v) is 7.43. The Morgan fingerprint density at radius 2 is 2.03 bits per heavy atom. The van der Waals surface area contributed by atoms with Crippen molar-refractivity contribution in [3.63, 3.8) is 0 Å². The van der Waals surface area contributed by atoms with Gasteiger partial charge in [0, 0.05) is 23.0 Å². The highest BCUT2D eigenvalue weighted by atomic mass is 32.1. The lowest BCUT2D eigenvalue weighted by Gasteiger charge is -2.21. The second kappa shape index (κ2) is 9.17. The highest BCUT2D eigenvalue weighted by Crippen LogP contribution is 2.12. The van der Waals surface area contributed by atoms with Crippen molar-refractivity contribution in [2.75, 3.05) is 13.1 Å². The first-order valence-corrected chi connectivity index (χ1v) is 10.0. The lowest BCUT2D eigenvalue weighted by molar-refractivity contribution is -0.136. The number of likely N-dealkylation sites (N-methyl/N-ethyl adjacent to an activating group) is 1. The number of nitrogens with one attached hydrogen (secondary N) is 1. The number of hydrogen-bond acceptors (Lipinski definition) is 5. The third kappa shape index (κ3) is 4.70. The number of benzene rings is 1. The Hall–Kier alpha value is -3.44. The molecule has 0 spiro atoms. The van der Waals surface area contributed by atoms with Crippen molar-refractivity contribution in [1.82, 2.24) is 14.8 Å². The summed E-state index contributed by atoms with van der Waals surface area (Å²) in [5.41, 5.74) is 0.198. The number of thiophene rings is 1. The van der Waals surface area contributed by atoms with Gasteiger partial charge in [0.05, 0.1) is 18.6 Å².